The Morgan fingerprint density at radius 3 is 2.33 bits per heavy atom. The normalized spacial score (nSPS) is 32.9. The van der Waals surface area contributed by atoms with Crippen molar-refractivity contribution < 1.29 is 4.74 Å². The van der Waals surface area contributed by atoms with Gasteiger partial charge in [0.1, 0.15) is 0 Å². The van der Waals surface area contributed by atoms with Crippen LogP contribution in [0.5, 0.6) is 0 Å². The van der Waals surface area contributed by atoms with Crippen molar-refractivity contribution in [1.29, 1.82) is 0 Å². The van der Waals surface area contributed by atoms with Crippen LogP contribution >= 0.6 is 0 Å². The van der Waals surface area contributed by atoms with Crippen molar-refractivity contribution in [3.05, 3.63) is 0 Å². The highest BCUT2D eigenvalue weighted by Gasteiger charge is 2.32. The monoisotopic (exact) mass is 294 g/mol. The van der Waals surface area contributed by atoms with Gasteiger partial charge in [0.25, 0.3) is 0 Å². The van der Waals surface area contributed by atoms with Gasteiger partial charge in [0.05, 0.1) is 12.7 Å². The average Bonchev–Trinajstić information content (AvgIpc) is 3.20. The van der Waals surface area contributed by atoms with E-state index >= 15 is 0 Å². The van der Waals surface area contributed by atoms with Gasteiger partial charge in [-0.05, 0) is 55.3 Å². The van der Waals surface area contributed by atoms with E-state index in [4.69, 9.17) is 4.74 Å². The molecule has 1 heterocycles. The zero-order valence-electron chi connectivity index (χ0n) is 14.9. The molecule has 0 aromatic heterocycles. The smallest absolute Gasteiger partial charge is 0.0837 e. The van der Waals surface area contributed by atoms with Crippen LogP contribution in [-0.4, -0.2) is 12.7 Å². The fourth-order valence-electron chi connectivity index (χ4n) is 4.60. The lowest BCUT2D eigenvalue weighted by molar-refractivity contribution is 0.284. The van der Waals surface area contributed by atoms with Crippen LogP contribution in [0, 0.1) is 29.6 Å². The summed E-state index contributed by atoms with van der Waals surface area (Å²) in [7, 11) is 0. The maximum atomic E-state index is 5.50. The summed E-state index contributed by atoms with van der Waals surface area (Å²) in [6.07, 6.45) is 13.6. The van der Waals surface area contributed by atoms with Gasteiger partial charge < -0.3 is 4.74 Å². The van der Waals surface area contributed by atoms with Crippen molar-refractivity contribution in [3.8, 4) is 0 Å². The molecule has 0 spiro atoms. The zero-order valence-corrected chi connectivity index (χ0v) is 14.9. The molecule has 124 valence electrons. The molecule has 0 bridgehead atoms. The third-order valence-corrected chi connectivity index (χ3v) is 6.24. The van der Waals surface area contributed by atoms with Gasteiger partial charge in [0.2, 0.25) is 0 Å². The van der Waals surface area contributed by atoms with Gasteiger partial charge in [-0.25, -0.2) is 0 Å². The summed E-state index contributed by atoms with van der Waals surface area (Å²) in [4.78, 5) is 0. The van der Waals surface area contributed by atoms with E-state index in [-0.39, 0.29) is 0 Å². The van der Waals surface area contributed by atoms with E-state index in [1.807, 2.05) is 0 Å². The molecule has 0 amide bonds. The maximum absolute atomic E-state index is 5.50. The van der Waals surface area contributed by atoms with Crippen molar-refractivity contribution >= 4 is 0 Å². The van der Waals surface area contributed by atoms with Crippen LogP contribution in [0.3, 0.4) is 0 Å². The second kappa shape index (κ2) is 8.56. The Labute approximate surface area is 133 Å². The number of epoxide rings is 1. The Balaban J connectivity index is 1.61. The highest BCUT2D eigenvalue weighted by Crippen LogP contribution is 2.40. The molecule has 4 unspecified atom stereocenters. The van der Waals surface area contributed by atoms with E-state index in [0.717, 1.165) is 36.2 Å². The Morgan fingerprint density at radius 2 is 1.71 bits per heavy atom. The van der Waals surface area contributed by atoms with Crippen LogP contribution in [0.15, 0.2) is 0 Å². The molecule has 1 aliphatic carbocycles. The second-order valence-corrected chi connectivity index (χ2v) is 8.25. The van der Waals surface area contributed by atoms with Gasteiger partial charge in [-0.15, -0.1) is 0 Å². The summed E-state index contributed by atoms with van der Waals surface area (Å²) < 4.78 is 5.50. The lowest BCUT2D eigenvalue weighted by atomic mass is 9.86. The van der Waals surface area contributed by atoms with Crippen LogP contribution in [-0.2, 0) is 4.74 Å². The summed E-state index contributed by atoms with van der Waals surface area (Å²) in [6.45, 7) is 10.6. The Kier molecular flexibility index (Phi) is 7.05. The summed E-state index contributed by atoms with van der Waals surface area (Å²) >= 11 is 0. The molecule has 1 aliphatic heterocycles. The molecule has 1 saturated carbocycles. The summed E-state index contributed by atoms with van der Waals surface area (Å²) in [5, 5.41) is 0. The van der Waals surface area contributed by atoms with Crippen LogP contribution in [0.25, 0.3) is 0 Å². The first-order chi connectivity index (χ1) is 10.1. The summed E-state index contributed by atoms with van der Waals surface area (Å²) in [5.74, 6) is 4.77. The third kappa shape index (κ3) is 5.93. The maximum Gasteiger partial charge on any atom is 0.0837 e. The summed E-state index contributed by atoms with van der Waals surface area (Å²) in [5.41, 5.74) is 0. The minimum absolute atomic E-state index is 0.628. The molecule has 2 aliphatic rings. The number of hydrogen-bond acceptors (Lipinski definition) is 1. The minimum atomic E-state index is 0.628. The molecule has 0 aromatic rings. The van der Waals surface area contributed by atoms with Crippen molar-refractivity contribution in [3.63, 3.8) is 0 Å². The minimum Gasteiger partial charge on any atom is -0.373 e. The average molecular weight is 295 g/mol. The Morgan fingerprint density at radius 1 is 1.00 bits per heavy atom. The van der Waals surface area contributed by atoms with Crippen LogP contribution in [0.2, 0.25) is 0 Å². The van der Waals surface area contributed by atoms with Gasteiger partial charge in [0, 0.05) is 0 Å². The first-order valence-electron chi connectivity index (χ1n) is 9.73. The molecule has 0 aromatic carbocycles. The van der Waals surface area contributed by atoms with Gasteiger partial charge in [-0.2, -0.15) is 0 Å². The molecule has 1 saturated heterocycles. The predicted molar refractivity (Wildman–Crippen MR) is 91.4 cm³/mol. The van der Waals surface area contributed by atoms with E-state index in [1.54, 1.807) is 0 Å². The molecular weight excluding hydrogens is 256 g/mol. The molecular formula is C20H38O. The predicted octanol–water partition coefficient (Wildman–Crippen LogP) is 6.07. The lowest BCUT2D eigenvalue weighted by Crippen LogP contribution is -2.10. The second-order valence-electron chi connectivity index (χ2n) is 8.25. The Hall–Kier alpha value is -0.0400. The first kappa shape index (κ1) is 17.3. The van der Waals surface area contributed by atoms with Crippen LogP contribution in [0.1, 0.15) is 85.5 Å². The molecule has 21 heavy (non-hydrogen) atoms. The molecule has 1 nitrogen and oxygen atoms in total. The first-order valence-corrected chi connectivity index (χ1v) is 9.73. The third-order valence-electron chi connectivity index (χ3n) is 6.24. The number of hydrogen-bond donors (Lipinski definition) is 0. The zero-order chi connectivity index (χ0) is 15.2. The van der Waals surface area contributed by atoms with Crippen molar-refractivity contribution in [2.75, 3.05) is 6.61 Å². The molecule has 0 N–H and O–H groups in total. The van der Waals surface area contributed by atoms with Gasteiger partial charge in [-0.1, -0.05) is 59.8 Å². The van der Waals surface area contributed by atoms with E-state index < -0.39 is 0 Å². The van der Waals surface area contributed by atoms with Crippen molar-refractivity contribution in [2.45, 2.75) is 91.6 Å². The Bertz CT molecular complexity index is 284. The van der Waals surface area contributed by atoms with Gasteiger partial charge in [0.15, 0.2) is 0 Å². The highest BCUT2D eigenvalue weighted by molar-refractivity contribution is 4.82. The molecule has 2 fully saturated rings. The largest absolute Gasteiger partial charge is 0.373 e. The quantitative estimate of drug-likeness (QED) is 0.445. The van der Waals surface area contributed by atoms with Crippen LogP contribution < -0.4 is 0 Å². The fourth-order valence-corrected chi connectivity index (χ4v) is 4.60. The molecule has 2 rings (SSSR count). The van der Waals surface area contributed by atoms with Gasteiger partial charge in [-0.3, -0.25) is 0 Å². The van der Waals surface area contributed by atoms with Crippen LogP contribution in [0.4, 0.5) is 0 Å². The van der Waals surface area contributed by atoms with E-state index in [1.165, 1.54) is 57.8 Å². The highest BCUT2D eigenvalue weighted by atomic mass is 16.6. The number of rotatable bonds is 10. The topological polar surface area (TPSA) is 12.5 Å². The molecule has 6 atom stereocenters. The van der Waals surface area contributed by atoms with E-state index in [9.17, 15) is 0 Å². The van der Waals surface area contributed by atoms with Crippen molar-refractivity contribution in [2.24, 2.45) is 29.6 Å². The lowest BCUT2D eigenvalue weighted by Gasteiger charge is -2.20. The van der Waals surface area contributed by atoms with E-state index in [2.05, 4.69) is 27.7 Å². The van der Waals surface area contributed by atoms with E-state index in [0.29, 0.717) is 6.10 Å². The standard InChI is InChI=1S/C20H38O/c1-5-15(3)11-16(4)12-18-8-7-17(13-18)9-10-19(6-2)20-14-21-20/h15-20H,5-14H2,1-4H3/t15-,16+,17?,18?,19?,20?/m0/s1. The fraction of sp³-hybridized carbons (Fsp3) is 1.00. The SMILES string of the molecule is CCC(CCC1CCC(C[C@H](C)C[C@@H](C)CC)C1)C1CO1. The molecule has 0 radical (unpaired) electrons. The molecule has 1 heteroatoms. The van der Waals surface area contributed by atoms with Crippen molar-refractivity contribution in [1.82, 2.24) is 0 Å². The number of ether oxygens (including phenoxy) is 1. The van der Waals surface area contributed by atoms with Gasteiger partial charge >= 0.3 is 0 Å². The summed E-state index contributed by atoms with van der Waals surface area (Å²) in [6, 6.07) is 0.